The molecule has 2 atom stereocenters. The summed E-state index contributed by atoms with van der Waals surface area (Å²) in [6, 6.07) is 6.82. The van der Waals surface area contributed by atoms with Crippen molar-refractivity contribution in [2.24, 2.45) is 5.92 Å². The number of carbonyl (C=O) groups is 1. The molecule has 2 N–H and O–H groups in total. The molecule has 132 valence electrons. The number of hydrogen-bond donors (Lipinski definition) is 2. The number of rotatable bonds is 8. The zero-order valence-corrected chi connectivity index (χ0v) is 14.8. The van der Waals surface area contributed by atoms with Crippen LogP contribution in [0.4, 0.5) is 0 Å². The van der Waals surface area contributed by atoms with Gasteiger partial charge in [0.2, 0.25) is 10.0 Å². The van der Waals surface area contributed by atoms with Gasteiger partial charge in [0.05, 0.1) is 4.90 Å². The van der Waals surface area contributed by atoms with Gasteiger partial charge in [-0.2, -0.15) is 0 Å². The average Bonchev–Trinajstić information content (AvgIpc) is 2.93. The van der Waals surface area contributed by atoms with Crippen molar-refractivity contribution in [1.29, 1.82) is 0 Å². The predicted octanol–water partition coefficient (Wildman–Crippen LogP) is 3.25. The van der Waals surface area contributed by atoms with Gasteiger partial charge < -0.3 is 5.11 Å². The first kappa shape index (κ1) is 18.7. The lowest BCUT2D eigenvalue weighted by molar-refractivity contribution is -0.137. The van der Waals surface area contributed by atoms with Crippen LogP contribution >= 0.6 is 0 Å². The third-order valence-corrected chi connectivity index (χ3v) is 5.83. The van der Waals surface area contributed by atoms with Gasteiger partial charge in [0, 0.05) is 12.5 Å². The zero-order chi connectivity index (χ0) is 17.6. The van der Waals surface area contributed by atoms with Crippen molar-refractivity contribution >= 4 is 16.0 Å². The van der Waals surface area contributed by atoms with Crippen LogP contribution in [0.1, 0.15) is 44.1 Å². The van der Waals surface area contributed by atoms with E-state index in [1.807, 2.05) is 13.0 Å². The Balaban J connectivity index is 1.81. The van der Waals surface area contributed by atoms with Gasteiger partial charge in [0.15, 0.2) is 0 Å². The number of hydrogen-bond acceptors (Lipinski definition) is 3. The molecular formula is C18H25NO4S. The molecule has 1 aromatic carbocycles. The van der Waals surface area contributed by atoms with Crippen molar-refractivity contribution in [3.8, 4) is 0 Å². The quantitative estimate of drug-likeness (QED) is 0.556. The molecular weight excluding hydrogens is 326 g/mol. The number of carboxylic acids is 1. The molecule has 1 aromatic rings. The molecule has 0 spiro atoms. The second kappa shape index (κ2) is 8.44. The minimum atomic E-state index is -3.46. The number of allylic oxidation sites excluding steroid dienone is 2. The van der Waals surface area contributed by atoms with Crippen molar-refractivity contribution in [3.05, 3.63) is 42.0 Å². The third-order valence-electron chi connectivity index (χ3n) is 4.30. The van der Waals surface area contributed by atoms with Crippen LogP contribution in [0.3, 0.4) is 0 Å². The zero-order valence-electron chi connectivity index (χ0n) is 13.9. The first-order valence-electron chi connectivity index (χ1n) is 8.34. The molecule has 0 bridgehead atoms. The van der Waals surface area contributed by atoms with Crippen LogP contribution in [0.5, 0.6) is 0 Å². The highest BCUT2D eigenvalue weighted by Gasteiger charge is 2.27. The summed E-state index contributed by atoms with van der Waals surface area (Å²) in [6.45, 7) is 1.92. The number of nitrogens with one attached hydrogen (secondary N) is 1. The van der Waals surface area contributed by atoms with E-state index in [1.165, 1.54) is 0 Å². The Kier molecular flexibility index (Phi) is 6.57. The molecule has 0 radical (unpaired) electrons. The second-order valence-corrected chi connectivity index (χ2v) is 8.13. The normalized spacial score (nSPS) is 21.4. The van der Waals surface area contributed by atoms with Crippen molar-refractivity contribution in [3.63, 3.8) is 0 Å². The summed E-state index contributed by atoms with van der Waals surface area (Å²) >= 11 is 0. The number of benzene rings is 1. The van der Waals surface area contributed by atoms with Gasteiger partial charge in [-0.3, -0.25) is 4.79 Å². The molecule has 1 fully saturated rings. The summed E-state index contributed by atoms with van der Waals surface area (Å²) in [4.78, 5) is 10.7. The van der Waals surface area contributed by atoms with Gasteiger partial charge in [0.1, 0.15) is 0 Å². The van der Waals surface area contributed by atoms with Gasteiger partial charge in [-0.15, -0.1) is 0 Å². The minimum absolute atomic E-state index is 0.0371. The van der Waals surface area contributed by atoms with Gasteiger partial charge in [0.25, 0.3) is 0 Å². The van der Waals surface area contributed by atoms with Crippen molar-refractivity contribution < 1.29 is 18.3 Å². The topological polar surface area (TPSA) is 83.5 Å². The first-order valence-corrected chi connectivity index (χ1v) is 9.82. The summed E-state index contributed by atoms with van der Waals surface area (Å²) in [6.07, 6.45) is 8.28. The van der Waals surface area contributed by atoms with Crippen LogP contribution in [0.2, 0.25) is 0 Å². The first-order chi connectivity index (χ1) is 11.4. The lowest BCUT2D eigenvalue weighted by Gasteiger charge is -2.13. The number of aryl methyl sites for hydroxylation is 1. The largest absolute Gasteiger partial charge is 0.481 e. The molecule has 1 aliphatic rings. The maximum absolute atomic E-state index is 12.4. The fourth-order valence-corrected chi connectivity index (χ4v) is 4.25. The average molecular weight is 351 g/mol. The van der Waals surface area contributed by atoms with Gasteiger partial charge in [-0.25, -0.2) is 13.1 Å². The molecule has 0 aromatic heterocycles. The Labute approximate surface area is 143 Å². The van der Waals surface area contributed by atoms with E-state index in [9.17, 15) is 13.2 Å². The molecule has 0 amide bonds. The number of carboxylic acid groups (broad SMARTS) is 1. The van der Waals surface area contributed by atoms with E-state index in [0.717, 1.165) is 31.2 Å². The van der Waals surface area contributed by atoms with E-state index in [0.29, 0.717) is 17.2 Å². The van der Waals surface area contributed by atoms with Crippen LogP contribution in [-0.4, -0.2) is 25.5 Å². The molecule has 2 rings (SSSR count). The van der Waals surface area contributed by atoms with Crippen LogP contribution < -0.4 is 4.72 Å². The molecule has 0 saturated heterocycles. The molecule has 5 nitrogen and oxygen atoms in total. The van der Waals surface area contributed by atoms with Crippen LogP contribution in [0.15, 0.2) is 41.3 Å². The van der Waals surface area contributed by atoms with Crippen molar-refractivity contribution in [1.82, 2.24) is 4.72 Å². The lowest BCUT2D eigenvalue weighted by atomic mass is 10.1. The Hall–Kier alpha value is -1.66. The Bertz CT molecular complexity index is 679. The van der Waals surface area contributed by atoms with E-state index >= 15 is 0 Å². The van der Waals surface area contributed by atoms with Gasteiger partial charge in [-0.05, 0) is 57.1 Å². The summed E-state index contributed by atoms with van der Waals surface area (Å²) in [7, 11) is -3.46. The van der Waals surface area contributed by atoms with E-state index in [4.69, 9.17) is 5.11 Å². The SMILES string of the molecule is Cc1ccc(S(=O)(=O)NC2CCC(/C=C/CCCC(=O)O)C2)cc1. The fourth-order valence-electron chi connectivity index (χ4n) is 2.96. The molecule has 6 heteroatoms. The summed E-state index contributed by atoms with van der Waals surface area (Å²) < 4.78 is 27.6. The van der Waals surface area contributed by atoms with Gasteiger partial charge in [-0.1, -0.05) is 29.8 Å². The summed E-state index contributed by atoms with van der Waals surface area (Å²) in [5, 5.41) is 8.59. The van der Waals surface area contributed by atoms with E-state index in [1.54, 1.807) is 24.3 Å². The standard InChI is InChI=1S/C18H25NO4S/c1-14-7-11-17(12-8-14)24(22,23)19-16-10-9-15(13-16)5-3-2-4-6-18(20)21/h3,5,7-8,11-12,15-16,19H,2,4,6,9-10,13H2,1H3,(H,20,21)/b5-3+. The molecule has 0 aliphatic heterocycles. The minimum Gasteiger partial charge on any atom is -0.481 e. The van der Waals surface area contributed by atoms with Crippen LogP contribution in [-0.2, 0) is 14.8 Å². The second-order valence-electron chi connectivity index (χ2n) is 6.42. The molecule has 1 aliphatic carbocycles. The summed E-state index contributed by atoms with van der Waals surface area (Å²) in [5.74, 6) is -0.407. The third kappa shape index (κ3) is 5.76. The van der Waals surface area contributed by atoms with Crippen molar-refractivity contribution in [2.45, 2.75) is 56.4 Å². The highest BCUT2D eigenvalue weighted by molar-refractivity contribution is 7.89. The Morgan fingerprint density at radius 2 is 2.00 bits per heavy atom. The van der Waals surface area contributed by atoms with Crippen LogP contribution in [0, 0.1) is 12.8 Å². The van der Waals surface area contributed by atoms with E-state index < -0.39 is 16.0 Å². The van der Waals surface area contributed by atoms with E-state index in [-0.39, 0.29) is 12.5 Å². The smallest absolute Gasteiger partial charge is 0.303 e. The maximum atomic E-state index is 12.4. The Morgan fingerprint density at radius 3 is 2.67 bits per heavy atom. The number of sulfonamides is 1. The van der Waals surface area contributed by atoms with E-state index in [2.05, 4.69) is 10.8 Å². The molecule has 2 unspecified atom stereocenters. The van der Waals surface area contributed by atoms with Crippen LogP contribution in [0.25, 0.3) is 0 Å². The highest BCUT2D eigenvalue weighted by Crippen LogP contribution is 2.28. The molecule has 24 heavy (non-hydrogen) atoms. The summed E-state index contributed by atoms with van der Waals surface area (Å²) in [5.41, 5.74) is 1.03. The number of aliphatic carboxylic acids is 1. The Morgan fingerprint density at radius 1 is 1.29 bits per heavy atom. The molecule has 0 heterocycles. The molecule has 1 saturated carbocycles. The monoisotopic (exact) mass is 351 g/mol. The highest BCUT2D eigenvalue weighted by atomic mass is 32.2. The fraction of sp³-hybridized carbons (Fsp3) is 0.500. The van der Waals surface area contributed by atoms with Crippen molar-refractivity contribution in [2.75, 3.05) is 0 Å². The predicted molar refractivity (Wildman–Crippen MR) is 93.3 cm³/mol. The van der Waals surface area contributed by atoms with Gasteiger partial charge >= 0.3 is 5.97 Å². The lowest BCUT2D eigenvalue weighted by Crippen LogP contribution is -2.32. The maximum Gasteiger partial charge on any atom is 0.303 e. The number of unbranched alkanes of at least 4 members (excludes halogenated alkanes) is 1.